The predicted molar refractivity (Wildman–Crippen MR) is 48.4 cm³/mol. The fraction of sp³-hybridized carbons (Fsp3) is 0.250. The molecule has 1 aromatic heterocycles. The summed E-state index contributed by atoms with van der Waals surface area (Å²) in [7, 11) is 1.73. The minimum atomic E-state index is -0.511. The molecule has 0 aliphatic heterocycles. The Kier molecular flexibility index (Phi) is 3.08. The van der Waals surface area contributed by atoms with Crippen molar-refractivity contribution in [2.75, 3.05) is 11.9 Å². The number of hydrogen-bond acceptors (Lipinski definition) is 3. The van der Waals surface area contributed by atoms with Crippen molar-refractivity contribution in [1.82, 2.24) is 9.78 Å². The predicted octanol–water partition coefficient (Wildman–Crippen LogP) is 1.15. The fourth-order valence-electron chi connectivity index (χ4n) is 0.772. The summed E-state index contributed by atoms with van der Waals surface area (Å²) in [4.78, 5) is 11.0. The third kappa shape index (κ3) is 2.62. The van der Waals surface area contributed by atoms with Crippen LogP contribution >= 0.6 is 0 Å². The zero-order chi connectivity index (χ0) is 9.68. The highest BCUT2D eigenvalue weighted by Gasteiger charge is 2.03. The van der Waals surface area contributed by atoms with Gasteiger partial charge in [-0.3, -0.25) is 10.00 Å². The number of ether oxygens (including phenoxy) is 1. The smallest absolute Gasteiger partial charge is 0.413 e. The van der Waals surface area contributed by atoms with Crippen molar-refractivity contribution in [1.29, 1.82) is 0 Å². The van der Waals surface area contributed by atoms with Gasteiger partial charge >= 0.3 is 6.09 Å². The molecule has 13 heavy (non-hydrogen) atoms. The minimum Gasteiger partial charge on any atom is -0.445 e. The third-order valence-electron chi connectivity index (χ3n) is 1.38. The molecule has 5 nitrogen and oxygen atoms in total. The van der Waals surface area contributed by atoms with Crippen LogP contribution in [0.4, 0.5) is 10.6 Å². The van der Waals surface area contributed by atoms with Gasteiger partial charge in [-0.2, -0.15) is 5.10 Å². The van der Waals surface area contributed by atoms with Crippen molar-refractivity contribution in [3.63, 3.8) is 0 Å². The van der Waals surface area contributed by atoms with Gasteiger partial charge in [-0.05, 0) is 0 Å². The number of nitrogens with one attached hydrogen (secondary N) is 1. The lowest BCUT2D eigenvalue weighted by Gasteiger charge is -2.04. The molecule has 0 fully saturated rings. The highest BCUT2D eigenvalue weighted by atomic mass is 16.5. The van der Waals surface area contributed by atoms with Crippen molar-refractivity contribution in [2.24, 2.45) is 7.05 Å². The number of nitrogens with zero attached hydrogens (tertiary/aromatic N) is 2. The first-order valence-corrected chi connectivity index (χ1v) is 3.76. The summed E-state index contributed by atoms with van der Waals surface area (Å²) in [5, 5.41) is 6.39. The summed E-state index contributed by atoms with van der Waals surface area (Å²) >= 11 is 0. The lowest BCUT2D eigenvalue weighted by atomic mass is 10.6. The Morgan fingerprint density at radius 1 is 1.92 bits per heavy atom. The molecule has 0 atom stereocenters. The van der Waals surface area contributed by atoms with E-state index in [0.717, 1.165) is 0 Å². The van der Waals surface area contributed by atoms with Gasteiger partial charge in [0.2, 0.25) is 0 Å². The number of hydrogen-bond donors (Lipinski definition) is 1. The van der Waals surface area contributed by atoms with Crippen molar-refractivity contribution in [3.8, 4) is 0 Å². The van der Waals surface area contributed by atoms with Crippen LogP contribution in [0.15, 0.2) is 24.9 Å². The van der Waals surface area contributed by atoms with Crippen molar-refractivity contribution < 1.29 is 9.53 Å². The molecule has 0 spiro atoms. The van der Waals surface area contributed by atoms with Gasteiger partial charge in [-0.1, -0.05) is 12.7 Å². The van der Waals surface area contributed by atoms with Crippen LogP contribution in [0.1, 0.15) is 0 Å². The molecule has 0 radical (unpaired) electrons. The zero-order valence-corrected chi connectivity index (χ0v) is 7.36. The molecule has 70 valence electrons. The Balaban J connectivity index is 2.45. The van der Waals surface area contributed by atoms with E-state index in [2.05, 4.69) is 17.0 Å². The number of carbonyl (C=O) groups is 1. The van der Waals surface area contributed by atoms with E-state index in [1.54, 1.807) is 19.3 Å². The first-order valence-electron chi connectivity index (χ1n) is 3.76. The molecule has 0 saturated carbocycles. The van der Waals surface area contributed by atoms with Crippen molar-refractivity contribution in [3.05, 3.63) is 24.9 Å². The molecule has 0 saturated heterocycles. The number of amides is 1. The molecule has 1 rings (SSSR count). The van der Waals surface area contributed by atoms with Gasteiger partial charge in [0.15, 0.2) is 0 Å². The first kappa shape index (κ1) is 9.31. The fourth-order valence-corrected chi connectivity index (χ4v) is 0.772. The normalized spacial score (nSPS) is 9.31. The van der Waals surface area contributed by atoms with Gasteiger partial charge in [0, 0.05) is 13.1 Å². The number of aryl methyl sites for hydroxylation is 1. The standard InChI is InChI=1S/C8H11N3O2/c1-3-6-13-8(12)10-7-4-5-9-11(7)2/h3-5H,1,6H2,2H3,(H,10,12). The molecule has 1 N–H and O–H groups in total. The van der Waals surface area contributed by atoms with Crippen molar-refractivity contribution >= 4 is 11.9 Å². The van der Waals surface area contributed by atoms with Gasteiger partial charge in [-0.15, -0.1) is 0 Å². The van der Waals surface area contributed by atoms with E-state index in [-0.39, 0.29) is 6.61 Å². The Hall–Kier alpha value is -1.78. The van der Waals surface area contributed by atoms with E-state index in [9.17, 15) is 4.79 Å². The SMILES string of the molecule is C=CCOC(=O)Nc1ccnn1C. The molecular formula is C8H11N3O2. The minimum absolute atomic E-state index is 0.198. The summed E-state index contributed by atoms with van der Waals surface area (Å²) in [6.07, 6.45) is 2.58. The summed E-state index contributed by atoms with van der Waals surface area (Å²) in [5.41, 5.74) is 0. The van der Waals surface area contributed by atoms with E-state index in [0.29, 0.717) is 5.82 Å². The van der Waals surface area contributed by atoms with Crippen LogP contribution in [-0.2, 0) is 11.8 Å². The van der Waals surface area contributed by atoms with Gasteiger partial charge < -0.3 is 4.74 Å². The topological polar surface area (TPSA) is 56.1 Å². The number of aromatic nitrogens is 2. The number of anilines is 1. The average Bonchev–Trinajstić information content (AvgIpc) is 2.48. The van der Waals surface area contributed by atoms with Crippen LogP contribution in [-0.4, -0.2) is 22.5 Å². The maximum absolute atomic E-state index is 11.0. The van der Waals surface area contributed by atoms with E-state index < -0.39 is 6.09 Å². The Morgan fingerprint density at radius 3 is 3.23 bits per heavy atom. The van der Waals surface area contributed by atoms with E-state index >= 15 is 0 Å². The van der Waals surface area contributed by atoms with Gasteiger partial charge in [-0.25, -0.2) is 4.79 Å². The van der Waals surface area contributed by atoms with Crippen LogP contribution in [0.3, 0.4) is 0 Å². The Bertz CT molecular complexity index is 306. The van der Waals surface area contributed by atoms with Gasteiger partial charge in [0.05, 0.1) is 6.20 Å². The second-order valence-corrected chi connectivity index (χ2v) is 2.35. The van der Waals surface area contributed by atoms with Crippen LogP contribution in [0.5, 0.6) is 0 Å². The van der Waals surface area contributed by atoms with E-state index in [1.165, 1.54) is 10.8 Å². The number of carbonyl (C=O) groups excluding carboxylic acids is 1. The molecular weight excluding hydrogens is 170 g/mol. The van der Waals surface area contributed by atoms with Crippen LogP contribution in [0, 0.1) is 0 Å². The molecule has 1 heterocycles. The van der Waals surface area contributed by atoms with Crippen LogP contribution in [0.2, 0.25) is 0 Å². The molecule has 0 unspecified atom stereocenters. The molecule has 1 amide bonds. The molecule has 0 aliphatic carbocycles. The van der Waals surface area contributed by atoms with Gasteiger partial charge in [0.1, 0.15) is 12.4 Å². The molecule has 0 bridgehead atoms. The van der Waals surface area contributed by atoms with Crippen LogP contribution < -0.4 is 5.32 Å². The maximum Gasteiger partial charge on any atom is 0.413 e. The summed E-state index contributed by atoms with van der Waals surface area (Å²) in [6, 6.07) is 1.68. The second-order valence-electron chi connectivity index (χ2n) is 2.35. The Labute approximate surface area is 76.0 Å². The lowest BCUT2D eigenvalue weighted by molar-refractivity contribution is 0.174. The highest BCUT2D eigenvalue weighted by molar-refractivity contribution is 5.83. The first-order chi connectivity index (χ1) is 6.24. The maximum atomic E-state index is 11.0. The van der Waals surface area contributed by atoms with E-state index in [4.69, 9.17) is 4.74 Å². The second kappa shape index (κ2) is 4.30. The Morgan fingerprint density at radius 2 is 2.69 bits per heavy atom. The third-order valence-corrected chi connectivity index (χ3v) is 1.38. The molecule has 1 aromatic rings. The zero-order valence-electron chi connectivity index (χ0n) is 7.36. The average molecular weight is 181 g/mol. The molecule has 5 heteroatoms. The molecule has 0 aliphatic rings. The summed E-state index contributed by atoms with van der Waals surface area (Å²) < 4.78 is 6.25. The molecule has 0 aromatic carbocycles. The lowest BCUT2D eigenvalue weighted by Crippen LogP contribution is -2.15. The summed E-state index contributed by atoms with van der Waals surface area (Å²) in [6.45, 7) is 3.62. The van der Waals surface area contributed by atoms with Crippen molar-refractivity contribution in [2.45, 2.75) is 0 Å². The quantitative estimate of drug-likeness (QED) is 0.712. The summed E-state index contributed by atoms with van der Waals surface area (Å²) in [5.74, 6) is 0.592. The van der Waals surface area contributed by atoms with E-state index in [1.807, 2.05) is 0 Å². The number of rotatable bonds is 3. The highest BCUT2D eigenvalue weighted by Crippen LogP contribution is 2.03. The monoisotopic (exact) mass is 181 g/mol. The largest absolute Gasteiger partial charge is 0.445 e. The van der Waals surface area contributed by atoms with Crippen LogP contribution in [0.25, 0.3) is 0 Å². The van der Waals surface area contributed by atoms with Gasteiger partial charge in [0.25, 0.3) is 0 Å².